The van der Waals surface area contributed by atoms with E-state index in [2.05, 4.69) is 10.3 Å². The van der Waals surface area contributed by atoms with E-state index in [-0.39, 0.29) is 17.6 Å². The van der Waals surface area contributed by atoms with Gasteiger partial charge < -0.3 is 24.5 Å². The lowest BCUT2D eigenvalue weighted by Crippen LogP contribution is -2.33. The molecule has 1 atom stereocenters. The van der Waals surface area contributed by atoms with Crippen molar-refractivity contribution in [3.8, 4) is 11.5 Å². The van der Waals surface area contributed by atoms with Gasteiger partial charge in [0.25, 0.3) is 5.91 Å². The first-order valence-corrected chi connectivity index (χ1v) is 10.9. The number of methoxy groups -OCH3 is 2. The highest BCUT2D eigenvalue weighted by molar-refractivity contribution is 5.98. The number of ether oxygens (including phenoxy) is 3. The summed E-state index contributed by atoms with van der Waals surface area (Å²) < 4.78 is 15.9. The molecule has 4 rings (SSSR count). The van der Waals surface area contributed by atoms with E-state index in [1.807, 2.05) is 60.7 Å². The number of aromatic nitrogens is 1. The predicted molar refractivity (Wildman–Crippen MR) is 129 cm³/mol. The number of fused-ring (bicyclic) bond motifs is 1. The summed E-state index contributed by atoms with van der Waals surface area (Å²) in [7, 11) is 3.09. The van der Waals surface area contributed by atoms with E-state index in [1.54, 1.807) is 25.3 Å². The van der Waals surface area contributed by atoms with Gasteiger partial charge in [-0.3, -0.25) is 4.79 Å². The van der Waals surface area contributed by atoms with Gasteiger partial charge in [-0.1, -0.05) is 60.7 Å². The Morgan fingerprint density at radius 3 is 2.29 bits per heavy atom. The maximum atomic E-state index is 12.7. The molecule has 0 radical (unpaired) electrons. The fourth-order valence-corrected chi connectivity index (χ4v) is 3.81. The molecule has 0 saturated heterocycles. The summed E-state index contributed by atoms with van der Waals surface area (Å²) in [4.78, 5) is 28.3. The van der Waals surface area contributed by atoms with Crippen molar-refractivity contribution in [1.82, 2.24) is 10.3 Å². The maximum Gasteiger partial charge on any atom is 0.355 e. The molecule has 34 heavy (non-hydrogen) atoms. The summed E-state index contributed by atoms with van der Waals surface area (Å²) in [6.45, 7) is -0.396. The number of hydrogen-bond donors (Lipinski definition) is 2. The standard InChI is InChI=1S/C27H26N2O5/c1-32-21-14-20-15-23(29-26(20)24(16-21)33-2)27(31)34-17-25(30)28-22(19-11-7-4-8-12-19)13-18-9-5-3-6-10-18/h3-12,14-16,22,29H,13,17H2,1-2H3,(H,28,30). The minimum absolute atomic E-state index is 0.221. The summed E-state index contributed by atoms with van der Waals surface area (Å²) in [6, 6.07) is 24.5. The molecule has 3 aromatic carbocycles. The lowest BCUT2D eigenvalue weighted by atomic mass is 9.99. The minimum atomic E-state index is -0.633. The lowest BCUT2D eigenvalue weighted by molar-refractivity contribution is -0.125. The van der Waals surface area contributed by atoms with E-state index < -0.39 is 12.6 Å². The number of amides is 1. The van der Waals surface area contributed by atoms with Crippen LogP contribution in [0.1, 0.15) is 27.7 Å². The number of carbonyl (C=O) groups is 2. The molecule has 1 heterocycles. The molecule has 0 spiro atoms. The van der Waals surface area contributed by atoms with Crippen molar-refractivity contribution >= 4 is 22.8 Å². The fourth-order valence-electron chi connectivity index (χ4n) is 3.81. The van der Waals surface area contributed by atoms with Gasteiger partial charge in [0.1, 0.15) is 17.2 Å². The quantitative estimate of drug-likeness (QED) is 0.362. The largest absolute Gasteiger partial charge is 0.497 e. The molecule has 1 unspecified atom stereocenters. The van der Waals surface area contributed by atoms with Crippen molar-refractivity contribution in [2.24, 2.45) is 0 Å². The lowest BCUT2D eigenvalue weighted by Gasteiger charge is -2.19. The second kappa shape index (κ2) is 10.6. The number of nitrogens with one attached hydrogen (secondary N) is 2. The molecule has 0 aliphatic carbocycles. The highest BCUT2D eigenvalue weighted by atomic mass is 16.5. The molecule has 7 heteroatoms. The zero-order chi connectivity index (χ0) is 23.9. The summed E-state index contributed by atoms with van der Waals surface area (Å²) in [5.74, 6) is 0.131. The Kier molecular flexibility index (Phi) is 7.13. The Labute approximate surface area is 197 Å². The first-order chi connectivity index (χ1) is 16.6. The first kappa shape index (κ1) is 22.9. The van der Waals surface area contributed by atoms with Crippen LogP contribution in [0.4, 0.5) is 0 Å². The van der Waals surface area contributed by atoms with E-state index in [1.165, 1.54) is 7.11 Å². The van der Waals surface area contributed by atoms with Crippen molar-refractivity contribution in [2.75, 3.05) is 20.8 Å². The van der Waals surface area contributed by atoms with E-state index >= 15 is 0 Å². The van der Waals surface area contributed by atoms with Crippen LogP contribution in [-0.4, -0.2) is 37.7 Å². The summed E-state index contributed by atoms with van der Waals surface area (Å²) in [6.07, 6.45) is 0.619. The molecule has 4 aromatic rings. The third kappa shape index (κ3) is 5.38. The van der Waals surface area contributed by atoms with Gasteiger partial charge in [-0.05, 0) is 29.7 Å². The van der Waals surface area contributed by atoms with E-state index in [9.17, 15) is 9.59 Å². The first-order valence-electron chi connectivity index (χ1n) is 10.9. The molecule has 2 N–H and O–H groups in total. The predicted octanol–water partition coefficient (Wildman–Crippen LogP) is 4.44. The average Bonchev–Trinajstić information content (AvgIpc) is 3.32. The Morgan fingerprint density at radius 2 is 1.62 bits per heavy atom. The normalized spacial score (nSPS) is 11.6. The van der Waals surface area contributed by atoms with Gasteiger partial charge in [-0.2, -0.15) is 0 Å². The zero-order valence-electron chi connectivity index (χ0n) is 19.0. The van der Waals surface area contributed by atoms with Crippen molar-refractivity contribution in [1.29, 1.82) is 0 Å². The van der Waals surface area contributed by atoms with Gasteiger partial charge in [-0.25, -0.2) is 4.79 Å². The smallest absolute Gasteiger partial charge is 0.355 e. The topological polar surface area (TPSA) is 89.7 Å². The number of H-pyrrole nitrogens is 1. The molecule has 1 amide bonds. The van der Waals surface area contributed by atoms with Gasteiger partial charge in [-0.15, -0.1) is 0 Å². The summed E-state index contributed by atoms with van der Waals surface area (Å²) >= 11 is 0. The molecule has 0 aliphatic heterocycles. The Bertz CT molecular complexity index is 1270. The van der Waals surface area contributed by atoms with Crippen LogP contribution >= 0.6 is 0 Å². The zero-order valence-corrected chi connectivity index (χ0v) is 19.0. The van der Waals surface area contributed by atoms with E-state index in [4.69, 9.17) is 14.2 Å². The van der Waals surface area contributed by atoms with E-state index in [0.29, 0.717) is 23.4 Å². The third-order valence-electron chi connectivity index (χ3n) is 5.50. The SMILES string of the molecule is COc1cc(OC)c2[nH]c(C(=O)OCC(=O)NC(Cc3ccccc3)c3ccccc3)cc2c1. The molecule has 1 aromatic heterocycles. The highest BCUT2D eigenvalue weighted by Gasteiger charge is 2.19. The fraction of sp³-hybridized carbons (Fsp3) is 0.185. The van der Waals surface area contributed by atoms with Crippen LogP contribution in [0.2, 0.25) is 0 Å². The molecular weight excluding hydrogens is 432 g/mol. The minimum Gasteiger partial charge on any atom is -0.497 e. The van der Waals surface area contributed by atoms with Crippen LogP contribution in [-0.2, 0) is 16.0 Å². The molecule has 0 fully saturated rings. The average molecular weight is 459 g/mol. The van der Waals surface area contributed by atoms with Crippen LogP contribution in [0.3, 0.4) is 0 Å². The van der Waals surface area contributed by atoms with Crippen molar-refractivity contribution in [3.63, 3.8) is 0 Å². The Balaban J connectivity index is 1.43. The second-order valence-electron chi connectivity index (χ2n) is 7.77. The highest BCUT2D eigenvalue weighted by Crippen LogP contribution is 2.31. The van der Waals surface area contributed by atoms with Crippen LogP contribution < -0.4 is 14.8 Å². The van der Waals surface area contributed by atoms with Crippen LogP contribution in [0, 0.1) is 0 Å². The van der Waals surface area contributed by atoms with Crippen molar-refractivity contribution in [2.45, 2.75) is 12.5 Å². The Hall–Kier alpha value is -4.26. The number of benzene rings is 3. The van der Waals surface area contributed by atoms with Crippen molar-refractivity contribution < 1.29 is 23.8 Å². The summed E-state index contributed by atoms with van der Waals surface area (Å²) in [5.41, 5.74) is 2.93. The van der Waals surface area contributed by atoms with Crippen LogP contribution in [0.25, 0.3) is 10.9 Å². The molecule has 0 bridgehead atoms. The number of hydrogen-bond acceptors (Lipinski definition) is 5. The van der Waals surface area contributed by atoms with Gasteiger partial charge in [0, 0.05) is 11.5 Å². The van der Waals surface area contributed by atoms with Crippen molar-refractivity contribution in [3.05, 3.63) is 95.7 Å². The molecule has 0 saturated carbocycles. The Morgan fingerprint density at radius 1 is 0.912 bits per heavy atom. The number of aromatic amines is 1. The van der Waals surface area contributed by atoms with Gasteiger partial charge in [0.15, 0.2) is 6.61 Å². The molecule has 0 aliphatic rings. The number of carbonyl (C=O) groups excluding carboxylic acids is 2. The second-order valence-corrected chi connectivity index (χ2v) is 7.77. The van der Waals surface area contributed by atoms with Gasteiger partial charge >= 0.3 is 5.97 Å². The van der Waals surface area contributed by atoms with Crippen LogP contribution in [0.15, 0.2) is 78.9 Å². The van der Waals surface area contributed by atoms with Crippen LogP contribution in [0.5, 0.6) is 11.5 Å². The summed E-state index contributed by atoms with van der Waals surface area (Å²) in [5, 5.41) is 3.72. The number of esters is 1. The maximum absolute atomic E-state index is 12.7. The van der Waals surface area contributed by atoms with Gasteiger partial charge in [0.2, 0.25) is 0 Å². The number of rotatable bonds is 9. The van der Waals surface area contributed by atoms with Gasteiger partial charge in [0.05, 0.1) is 25.8 Å². The third-order valence-corrected chi connectivity index (χ3v) is 5.50. The monoisotopic (exact) mass is 458 g/mol. The molecule has 7 nitrogen and oxygen atoms in total. The molecular formula is C27H26N2O5. The molecule has 174 valence electrons. The van der Waals surface area contributed by atoms with E-state index in [0.717, 1.165) is 16.5 Å².